The predicted octanol–water partition coefficient (Wildman–Crippen LogP) is 3.34. The summed E-state index contributed by atoms with van der Waals surface area (Å²) in [5.74, 6) is 1.15. The van der Waals surface area contributed by atoms with Crippen LogP contribution >= 0.6 is 0 Å². The van der Waals surface area contributed by atoms with Gasteiger partial charge >= 0.3 is 5.63 Å². The maximum Gasteiger partial charge on any atom is 0.336 e. The van der Waals surface area contributed by atoms with Crippen molar-refractivity contribution in [3.8, 4) is 0 Å². The molecule has 1 atom stereocenters. The van der Waals surface area contributed by atoms with E-state index < -0.39 is 0 Å². The third-order valence-electron chi connectivity index (χ3n) is 3.35. The molecule has 84 valence electrons. The molecule has 0 amide bonds. The second-order valence-corrected chi connectivity index (χ2v) is 4.76. The third-order valence-corrected chi connectivity index (χ3v) is 3.35. The molecular formula is C14H16O2. The Balaban J connectivity index is 2.52. The maximum absolute atomic E-state index is 11.1. The van der Waals surface area contributed by atoms with Gasteiger partial charge in [0.2, 0.25) is 0 Å². The van der Waals surface area contributed by atoms with Gasteiger partial charge in [0.05, 0.1) is 0 Å². The number of allylic oxidation sites excluding steroid dienone is 2. The lowest BCUT2D eigenvalue weighted by molar-refractivity contribution is 0.386. The van der Waals surface area contributed by atoms with E-state index in [0.29, 0.717) is 11.7 Å². The summed E-state index contributed by atoms with van der Waals surface area (Å²) in [6, 6.07) is 3.25. The first kappa shape index (κ1) is 10.9. The first-order valence-electron chi connectivity index (χ1n) is 5.54. The summed E-state index contributed by atoms with van der Waals surface area (Å²) < 4.78 is 5.16. The fraction of sp³-hybridized carbons (Fsp3) is 0.357. The van der Waals surface area contributed by atoms with Crippen molar-refractivity contribution in [1.82, 2.24) is 0 Å². The van der Waals surface area contributed by atoms with Crippen molar-refractivity contribution in [3.05, 3.63) is 46.0 Å². The van der Waals surface area contributed by atoms with Gasteiger partial charge in [-0.05, 0) is 18.1 Å². The van der Waals surface area contributed by atoms with Gasteiger partial charge in [0, 0.05) is 17.0 Å². The van der Waals surface area contributed by atoms with Crippen LogP contribution in [0.3, 0.4) is 0 Å². The number of fused-ring (bicyclic) bond motifs is 1. The monoisotopic (exact) mass is 216 g/mol. The summed E-state index contributed by atoms with van der Waals surface area (Å²) in [4.78, 5) is 11.1. The quantitative estimate of drug-likeness (QED) is 0.720. The van der Waals surface area contributed by atoms with E-state index in [1.165, 1.54) is 6.07 Å². The van der Waals surface area contributed by atoms with Crippen LogP contribution in [0.2, 0.25) is 0 Å². The van der Waals surface area contributed by atoms with Crippen LogP contribution in [-0.2, 0) is 0 Å². The minimum absolute atomic E-state index is 0.0115. The predicted molar refractivity (Wildman–Crippen MR) is 66.0 cm³/mol. The number of hydrogen-bond acceptors (Lipinski definition) is 2. The standard InChI is InChI=1S/C14H16O2/c1-10(2)14(3)8-6-11-4-5-13(15)16-12(11)7-9-14/h4-10H,1-3H3. The van der Waals surface area contributed by atoms with Gasteiger partial charge in [-0.15, -0.1) is 0 Å². The second kappa shape index (κ2) is 3.78. The molecule has 2 rings (SSSR count). The Kier molecular flexibility index (Phi) is 2.58. The van der Waals surface area contributed by atoms with Gasteiger partial charge in [-0.2, -0.15) is 0 Å². The fourth-order valence-corrected chi connectivity index (χ4v) is 1.67. The van der Waals surface area contributed by atoms with Gasteiger partial charge in [-0.25, -0.2) is 4.79 Å². The van der Waals surface area contributed by atoms with Gasteiger partial charge < -0.3 is 4.42 Å². The molecule has 0 aliphatic heterocycles. The minimum atomic E-state index is -0.301. The Hall–Kier alpha value is -1.57. The maximum atomic E-state index is 11.1. The van der Waals surface area contributed by atoms with Gasteiger partial charge in [0.15, 0.2) is 0 Å². The molecule has 0 aromatic carbocycles. The SMILES string of the molecule is CC(C)C1(C)C=Cc2ccc(=O)oc2C=C1. The van der Waals surface area contributed by atoms with Crippen molar-refractivity contribution in [2.75, 3.05) is 0 Å². The molecule has 1 heterocycles. The molecule has 1 aliphatic carbocycles. The first-order chi connectivity index (χ1) is 7.51. The third kappa shape index (κ3) is 1.87. The van der Waals surface area contributed by atoms with Crippen molar-refractivity contribution in [2.24, 2.45) is 11.3 Å². The van der Waals surface area contributed by atoms with Crippen molar-refractivity contribution < 1.29 is 4.42 Å². The van der Waals surface area contributed by atoms with Crippen LogP contribution in [0.1, 0.15) is 32.1 Å². The summed E-state index contributed by atoms with van der Waals surface area (Å²) >= 11 is 0. The molecule has 0 saturated carbocycles. The first-order valence-corrected chi connectivity index (χ1v) is 5.54. The number of hydrogen-bond donors (Lipinski definition) is 0. The number of rotatable bonds is 1. The highest BCUT2D eigenvalue weighted by molar-refractivity contribution is 5.64. The molecule has 0 bridgehead atoms. The summed E-state index contributed by atoms with van der Waals surface area (Å²) in [6.45, 7) is 6.54. The van der Waals surface area contributed by atoms with Crippen molar-refractivity contribution in [1.29, 1.82) is 0 Å². The zero-order valence-electron chi connectivity index (χ0n) is 9.86. The average Bonchev–Trinajstić information content (AvgIpc) is 2.40. The Bertz CT molecular complexity index is 506. The Labute approximate surface area is 95.3 Å². The van der Waals surface area contributed by atoms with Gasteiger partial charge in [-0.3, -0.25) is 0 Å². The zero-order valence-corrected chi connectivity index (χ0v) is 9.86. The van der Waals surface area contributed by atoms with Crippen LogP contribution in [0, 0.1) is 11.3 Å². The summed E-state index contributed by atoms with van der Waals surface area (Å²) in [6.07, 6.45) is 8.19. The highest BCUT2D eigenvalue weighted by Gasteiger charge is 2.23. The molecule has 16 heavy (non-hydrogen) atoms. The lowest BCUT2D eigenvalue weighted by atomic mass is 9.79. The summed E-state index contributed by atoms with van der Waals surface area (Å²) in [5.41, 5.74) is 0.669. The molecule has 1 aliphatic rings. The lowest BCUT2D eigenvalue weighted by Gasteiger charge is -2.25. The topological polar surface area (TPSA) is 30.2 Å². The zero-order chi connectivity index (χ0) is 11.8. The largest absolute Gasteiger partial charge is 0.423 e. The van der Waals surface area contributed by atoms with Crippen LogP contribution in [0.15, 0.2) is 33.5 Å². The fourth-order valence-electron chi connectivity index (χ4n) is 1.67. The Morgan fingerprint density at radius 2 is 1.88 bits per heavy atom. The summed E-state index contributed by atoms with van der Waals surface area (Å²) in [7, 11) is 0. The minimum Gasteiger partial charge on any atom is -0.423 e. The molecule has 2 nitrogen and oxygen atoms in total. The smallest absolute Gasteiger partial charge is 0.336 e. The summed E-state index contributed by atoms with van der Waals surface area (Å²) in [5, 5.41) is 0. The van der Waals surface area contributed by atoms with Crippen molar-refractivity contribution in [2.45, 2.75) is 20.8 Å². The molecule has 0 fully saturated rings. The van der Waals surface area contributed by atoms with E-state index in [1.807, 2.05) is 12.2 Å². The lowest BCUT2D eigenvalue weighted by Crippen LogP contribution is -2.16. The van der Waals surface area contributed by atoms with Gasteiger partial charge in [0.1, 0.15) is 5.76 Å². The molecule has 1 aromatic heterocycles. The van der Waals surface area contributed by atoms with E-state index in [1.54, 1.807) is 6.07 Å². The van der Waals surface area contributed by atoms with E-state index in [9.17, 15) is 4.79 Å². The van der Waals surface area contributed by atoms with E-state index in [2.05, 4.69) is 32.9 Å². The molecule has 1 unspecified atom stereocenters. The van der Waals surface area contributed by atoms with Gasteiger partial charge in [0.25, 0.3) is 0 Å². The Morgan fingerprint density at radius 3 is 2.56 bits per heavy atom. The molecule has 2 heteroatoms. The normalized spacial score (nSPS) is 23.2. The highest BCUT2D eigenvalue weighted by Crippen LogP contribution is 2.34. The Morgan fingerprint density at radius 1 is 1.19 bits per heavy atom. The van der Waals surface area contributed by atoms with Crippen LogP contribution in [0.5, 0.6) is 0 Å². The van der Waals surface area contributed by atoms with Crippen LogP contribution in [0.25, 0.3) is 12.2 Å². The molecule has 0 N–H and O–H groups in total. The van der Waals surface area contributed by atoms with Crippen LogP contribution in [0.4, 0.5) is 0 Å². The van der Waals surface area contributed by atoms with Crippen LogP contribution in [-0.4, -0.2) is 0 Å². The average molecular weight is 216 g/mol. The van der Waals surface area contributed by atoms with Crippen molar-refractivity contribution in [3.63, 3.8) is 0 Å². The van der Waals surface area contributed by atoms with Gasteiger partial charge in [-0.1, -0.05) is 39.0 Å². The molecule has 0 spiro atoms. The molecular weight excluding hydrogens is 200 g/mol. The highest BCUT2D eigenvalue weighted by atomic mass is 16.4. The van der Waals surface area contributed by atoms with Crippen LogP contribution < -0.4 is 5.63 Å². The van der Waals surface area contributed by atoms with Crippen molar-refractivity contribution >= 4 is 12.2 Å². The molecule has 0 saturated heterocycles. The van der Waals surface area contributed by atoms with E-state index >= 15 is 0 Å². The van der Waals surface area contributed by atoms with E-state index in [0.717, 1.165) is 5.56 Å². The van der Waals surface area contributed by atoms with E-state index in [-0.39, 0.29) is 11.0 Å². The second-order valence-electron chi connectivity index (χ2n) is 4.76. The molecule has 1 aromatic rings. The van der Waals surface area contributed by atoms with E-state index in [4.69, 9.17) is 4.42 Å². The molecule has 0 radical (unpaired) electrons.